The van der Waals surface area contributed by atoms with Gasteiger partial charge in [0.15, 0.2) is 0 Å². The predicted octanol–water partition coefficient (Wildman–Crippen LogP) is 5.26. The lowest BCUT2D eigenvalue weighted by atomic mass is 9.94. The van der Waals surface area contributed by atoms with Crippen molar-refractivity contribution in [3.05, 3.63) is 71.1 Å². The maximum atomic E-state index is 12.8. The average molecular weight is 406 g/mol. The van der Waals surface area contributed by atoms with Crippen LogP contribution >= 0.6 is 11.3 Å². The van der Waals surface area contributed by atoms with Crippen LogP contribution in [0.25, 0.3) is 11.3 Å². The van der Waals surface area contributed by atoms with Crippen molar-refractivity contribution < 1.29 is 4.79 Å². The van der Waals surface area contributed by atoms with Gasteiger partial charge in [0.25, 0.3) is 0 Å². The second-order valence-corrected chi connectivity index (χ2v) is 8.55. The number of rotatable bonds is 6. The SMILES string of the molecule is C[C@H](CN1CCC(C(=O)Nc2cccc(-c3cscn3)c2)CC1)c1ccccc1. The van der Waals surface area contributed by atoms with Gasteiger partial charge in [-0.25, -0.2) is 4.98 Å². The maximum absolute atomic E-state index is 12.8. The van der Waals surface area contributed by atoms with Gasteiger partial charge >= 0.3 is 0 Å². The molecule has 3 aromatic rings. The molecule has 29 heavy (non-hydrogen) atoms. The Hall–Kier alpha value is -2.50. The Kier molecular flexibility index (Phi) is 6.37. The van der Waals surface area contributed by atoms with Crippen LogP contribution in [-0.4, -0.2) is 35.4 Å². The van der Waals surface area contributed by atoms with E-state index in [1.54, 1.807) is 11.3 Å². The normalized spacial score (nSPS) is 16.4. The molecule has 0 bridgehead atoms. The Morgan fingerprint density at radius 3 is 2.69 bits per heavy atom. The molecule has 2 aromatic carbocycles. The summed E-state index contributed by atoms with van der Waals surface area (Å²) in [5.74, 6) is 0.729. The molecule has 1 fully saturated rings. The van der Waals surface area contributed by atoms with E-state index in [1.165, 1.54) is 5.56 Å². The van der Waals surface area contributed by atoms with Crippen molar-refractivity contribution in [1.82, 2.24) is 9.88 Å². The van der Waals surface area contributed by atoms with Gasteiger partial charge in [0.2, 0.25) is 5.91 Å². The van der Waals surface area contributed by atoms with Crippen molar-refractivity contribution in [1.29, 1.82) is 0 Å². The number of anilines is 1. The third kappa shape index (κ3) is 5.11. The zero-order chi connectivity index (χ0) is 20.1. The van der Waals surface area contributed by atoms with E-state index < -0.39 is 0 Å². The summed E-state index contributed by atoms with van der Waals surface area (Å²) in [5.41, 5.74) is 6.04. The summed E-state index contributed by atoms with van der Waals surface area (Å²) in [4.78, 5) is 19.6. The maximum Gasteiger partial charge on any atom is 0.227 e. The first-order valence-electron chi connectivity index (χ1n) is 10.3. The van der Waals surface area contributed by atoms with E-state index in [1.807, 2.05) is 35.2 Å². The number of carbonyl (C=O) groups excluding carboxylic acids is 1. The van der Waals surface area contributed by atoms with Gasteiger partial charge in [0.1, 0.15) is 0 Å². The molecular weight excluding hydrogens is 378 g/mol. The molecular formula is C24H27N3OS. The van der Waals surface area contributed by atoms with Gasteiger partial charge in [0.05, 0.1) is 11.2 Å². The van der Waals surface area contributed by atoms with E-state index in [2.05, 4.69) is 52.5 Å². The largest absolute Gasteiger partial charge is 0.326 e. The lowest BCUT2D eigenvalue weighted by molar-refractivity contribution is -0.121. The van der Waals surface area contributed by atoms with Crippen LogP contribution < -0.4 is 5.32 Å². The molecule has 1 aliphatic rings. The number of thiazole rings is 1. The molecule has 150 valence electrons. The van der Waals surface area contributed by atoms with Crippen LogP contribution in [0.4, 0.5) is 5.69 Å². The van der Waals surface area contributed by atoms with E-state index in [9.17, 15) is 4.79 Å². The van der Waals surface area contributed by atoms with Crippen LogP contribution in [0.3, 0.4) is 0 Å². The van der Waals surface area contributed by atoms with Crippen molar-refractivity contribution in [2.45, 2.75) is 25.7 Å². The number of hydrogen-bond acceptors (Lipinski definition) is 4. The van der Waals surface area contributed by atoms with Crippen molar-refractivity contribution in [2.75, 3.05) is 25.0 Å². The Bertz CT molecular complexity index is 918. The second-order valence-electron chi connectivity index (χ2n) is 7.83. The minimum atomic E-state index is 0.0845. The highest BCUT2D eigenvalue weighted by molar-refractivity contribution is 7.07. The Morgan fingerprint density at radius 2 is 1.97 bits per heavy atom. The molecule has 5 heteroatoms. The molecule has 2 heterocycles. The van der Waals surface area contributed by atoms with Crippen molar-refractivity contribution in [3.8, 4) is 11.3 Å². The summed E-state index contributed by atoms with van der Waals surface area (Å²) in [6, 6.07) is 18.6. The number of benzene rings is 2. The fourth-order valence-corrected chi connectivity index (χ4v) is 4.57. The highest BCUT2D eigenvalue weighted by atomic mass is 32.1. The molecule has 1 aliphatic heterocycles. The zero-order valence-electron chi connectivity index (χ0n) is 16.8. The summed E-state index contributed by atoms with van der Waals surface area (Å²) in [6.07, 6.45) is 1.83. The van der Waals surface area contributed by atoms with Gasteiger partial charge in [-0.1, -0.05) is 49.4 Å². The zero-order valence-corrected chi connectivity index (χ0v) is 17.6. The standard InChI is InChI=1S/C24H27N3OS/c1-18(19-6-3-2-4-7-19)15-27-12-10-20(11-13-27)24(28)26-22-9-5-8-21(14-22)23-16-29-17-25-23/h2-9,14,16-18,20H,10-13,15H2,1H3,(H,26,28)/t18-/m1/s1. The Morgan fingerprint density at radius 1 is 1.17 bits per heavy atom. The lowest BCUT2D eigenvalue weighted by Gasteiger charge is -2.33. The number of amides is 1. The van der Waals surface area contributed by atoms with E-state index in [4.69, 9.17) is 0 Å². The summed E-state index contributed by atoms with van der Waals surface area (Å²) < 4.78 is 0. The van der Waals surface area contributed by atoms with Crippen molar-refractivity contribution >= 4 is 22.9 Å². The molecule has 0 aliphatic carbocycles. The monoisotopic (exact) mass is 405 g/mol. The van der Waals surface area contributed by atoms with Crippen LogP contribution in [0, 0.1) is 5.92 Å². The van der Waals surface area contributed by atoms with Crippen molar-refractivity contribution in [2.24, 2.45) is 5.92 Å². The van der Waals surface area contributed by atoms with Gasteiger partial charge in [-0.15, -0.1) is 11.3 Å². The van der Waals surface area contributed by atoms with Crippen LogP contribution in [0.5, 0.6) is 0 Å². The van der Waals surface area contributed by atoms with Crippen LogP contribution in [0.15, 0.2) is 65.5 Å². The van der Waals surface area contributed by atoms with Gasteiger partial charge < -0.3 is 10.2 Å². The summed E-state index contributed by atoms with van der Waals surface area (Å²) in [6.45, 7) is 5.29. The van der Waals surface area contributed by atoms with E-state index >= 15 is 0 Å². The minimum Gasteiger partial charge on any atom is -0.326 e. The first-order valence-corrected chi connectivity index (χ1v) is 11.2. The minimum absolute atomic E-state index is 0.0845. The molecule has 1 amide bonds. The Labute approximate surface area is 176 Å². The summed E-state index contributed by atoms with van der Waals surface area (Å²) >= 11 is 1.58. The first-order chi connectivity index (χ1) is 14.2. The molecule has 1 aromatic heterocycles. The van der Waals surface area contributed by atoms with Crippen LogP contribution in [0.1, 0.15) is 31.2 Å². The number of likely N-dealkylation sites (tertiary alicyclic amines) is 1. The van der Waals surface area contributed by atoms with Crippen molar-refractivity contribution in [3.63, 3.8) is 0 Å². The number of carbonyl (C=O) groups is 1. The van der Waals surface area contributed by atoms with Gasteiger partial charge in [-0.05, 0) is 49.5 Å². The average Bonchev–Trinajstić information content (AvgIpc) is 3.30. The molecule has 0 radical (unpaired) electrons. The third-order valence-electron chi connectivity index (χ3n) is 5.72. The first kappa shape index (κ1) is 19.8. The fourth-order valence-electron chi connectivity index (χ4n) is 4.01. The molecule has 1 saturated heterocycles. The van der Waals surface area contributed by atoms with E-state index in [0.29, 0.717) is 5.92 Å². The molecule has 0 saturated carbocycles. The number of nitrogens with zero attached hydrogens (tertiary/aromatic N) is 2. The highest BCUT2D eigenvalue weighted by Gasteiger charge is 2.26. The second kappa shape index (κ2) is 9.33. The molecule has 1 N–H and O–H groups in total. The van der Waals surface area contributed by atoms with Crippen LogP contribution in [0.2, 0.25) is 0 Å². The molecule has 4 nitrogen and oxygen atoms in total. The smallest absolute Gasteiger partial charge is 0.227 e. The number of aromatic nitrogens is 1. The lowest BCUT2D eigenvalue weighted by Crippen LogP contribution is -2.39. The number of hydrogen-bond donors (Lipinski definition) is 1. The predicted molar refractivity (Wildman–Crippen MR) is 120 cm³/mol. The topological polar surface area (TPSA) is 45.2 Å². The third-order valence-corrected chi connectivity index (χ3v) is 6.30. The van der Waals surface area contributed by atoms with E-state index in [0.717, 1.165) is 49.4 Å². The van der Waals surface area contributed by atoms with E-state index in [-0.39, 0.29) is 11.8 Å². The van der Waals surface area contributed by atoms with Gasteiger partial charge in [0, 0.05) is 29.1 Å². The summed E-state index contributed by atoms with van der Waals surface area (Å²) in [7, 11) is 0. The Balaban J connectivity index is 1.29. The quantitative estimate of drug-likeness (QED) is 0.608. The van der Waals surface area contributed by atoms with Gasteiger partial charge in [-0.2, -0.15) is 0 Å². The summed E-state index contributed by atoms with van der Waals surface area (Å²) in [5, 5.41) is 5.13. The van der Waals surface area contributed by atoms with Crippen LogP contribution in [-0.2, 0) is 4.79 Å². The molecule has 1 atom stereocenters. The number of piperidine rings is 1. The number of nitrogens with one attached hydrogen (secondary N) is 1. The molecule has 4 rings (SSSR count). The molecule has 0 unspecified atom stereocenters. The highest BCUT2D eigenvalue weighted by Crippen LogP contribution is 2.25. The molecule has 0 spiro atoms. The van der Waals surface area contributed by atoms with Gasteiger partial charge in [-0.3, -0.25) is 4.79 Å². The fraction of sp³-hybridized carbons (Fsp3) is 0.333.